The Morgan fingerprint density at radius 3 is 2.33 bits per heavy atom. The second-order valence-electron chi connectivity index (χ2n) is 6.06. The summed E-state index contributed by atoms with van der Waals surface area (Å²) in [6, 6.07) is 10.3. The van der Waals surface area contributed by atoms with E-state index in [4.69, 9.17) is 5.73 Å². The van der Waals surface area contributed by atoms with Crippen LogP contribution in [0.1, 0.15) is 5.69 Å². The molecule has 24 heavy (non-hydrogen) atoms. The summed E-state index contributed by atoms with van der Waals surface area (Å²) in [6.45, 7) is 3.28. The van der Waals surface area contributed by atoms with Gasteiger partial charge in [0.1, 0.15) is 10.7 Å². The van der Waals surface area contributed by atoms with Gasteiger partial charge in [-0.15, -0.1) is 0 Å². The van der Waals surface area contributed by atoms with E-state index in [0.717, 1.165) is 26.2 Å². The van der Waals surface area contributed by atoms with Crippen molar-refractivity contribution < 1.29 is 8.42 Å². The van der Waals surface area contributed by atoms with Gasteiger partial charge < -0.3 is 15.5 Å². The number of anilines is 3. The molecular weight excluding hydrogens is 326 g/mol. The Morgan fingerprint density at radius 1 is 0.958 bits per heavy atom. The molecule has 2 N–H and O–H groups in total. The number of benzene rings is 1. The molecule has 1 aromatic heterocycles. The molecule has 0 bridgehead atoms. The molecule has 0 amide bonds. The second kappa shape index (κ2) is 5.62. The van der Waals surface area contributed by atoms with E-state index in [1.165, 1.54) is 5.69 Å². The number of rotatable bonds is 2. The predicted molar refractivity (Wildman–Crippen MR) is 93.1 cm³/mol. The van der Waals surface area contributed by atoms with Crippen molar-refractivity contribution in [3.05, 3.63) is 36.0 Å². The number of sulfone groups is 1. The topological polar surface area (TPSA) is 92.4 Å². The van der Waals surface area contributed by atoms with Gasteiger partial charge in [-0.1, -0.05) is 18.2 Å². The van der Waals surface area contributed by atoms with Crippen molar-refractivity contribution in [1.29, 1.82) is 0 Å². The number of aryl methyl sites for hydroxylation is 1. The number of fused-ring (bicyclic) bond motifs is 1. The maximum Gasteiger partial charge on any atom is 0.227 e. The Kier molecular flexibility index (Phi) is 3.56. The van der Waals surface area contributed by atoms with Crippen LogP contribution >= 0.6 is 0 Å². The molecule has 3 heterocycles. The summed E-state index contributed by atoms with van der Waals surface area (Å²) < 4.78 is 24.0. The van der Waals surface area contributed by atoms with Crippen molar-refractivity contribution in [3.63, 3.8) is 0 Å². The number of piperazine rings is 1. The number of para-hydroxylation sites is 1. The normalized spacial score (nSPS) is 19.3. The summed E-state index contributed by atoms with van der Waals surface area (Å²) in [4.78, 5) is 13.2. The smallest absolute Gasteiger partial charge is 0.227 e. The number of hydrogen-bond acceptors (Lipinski definition) is 7. The third-order valence-electron chi connectivity index (χ3n) is 4.55. The Balaban J connectivity index is 1.54. The van der Waals surface area contributed by atoms with Crippen LogP contribution in [0.2, 0.25) is 0 Å². The van der Waals surface area contributed by atoms with Crippen LogP contribution < -0.4 is 15.5 Å². The largest absolute Gasteiger partial charge is 0.382 e. The maximum absolute atomic E-state index is 12.0. The summed E-state index contributed by atoms with van der Waals surface area (Å²) in [5.74, 6) is 0.695. The highest BCUT2D eigenvalue weighted by Gasteiger charge is 2.32. The van der Waals surface area contributed by atoms with E-state index in [9.17, 15) is 8.42 Å². The second-order valence-corrected chi connectivity index (χ2v) is 8.11. The molecule has 1 fully saturated rings. The zero-order valence-corrected chi connectivity index (χ0v) is 14.0. The molecule has 2 aromatic rings. The Bertz CT molecular complexity index is 862. The van der Waals surface area contributed by atoms with Gasteiger partial charge in [0.25, 0.3) is 0 Å². The summed E-state index contributed by atoms with van der Waals surface area (Å²) in [6.07, 6.45) is 0.418. The standard InChI is InChI=1S/C16H19N5O2S/c17-15-14-13(6-11-24(14,22)23)18-16(19-15)21-9-7-20(8-10-21)12-4-2-1-3-5-12/h1-5H,6-11H2,(H2,17,18,19). The molecule has 4 rings (SSSR count). The van der Waals surface area contributed by atoms with Gasteiger partial charge in [-0.25, -0.2) is 13.4 Å². The highest BCUT2D eigenvalue weighted by molar-refractivity contribution is 7.91. The fraction of sp³-hybridized carbons (Fsp3) is 0.375. The zero-order chi connectivity index (χ0) is 16.7. The molecule has 126 valence electrons. The Hall–Kier alpha value is -2.35. The minimum atomic E-state index is -3.31. The maximum atomic E-state index is 12.0. The molecule has 1 aromatic carbocycles. The molecule has 0 radical (unpaired) electrons. The van der Waals surface area contributed by atoms with Crippen LogP contribution in [0.4, 0.5) is 17.5 Å². The van der Waals surface area contributed by atoms with E-state index in [1.54, 1.807) is 0 Å². The first-order valence-electron chi connectivity index (χ1n) is 7.99. The summed E-state index contributed by atoms with van der Waals surface area (Å²) in [5.41, 5.74) is 7.67. The number of aromatic nitrogens is 2. The van der Waals surface area contributed by atoms with Crippen molar-refractivity contribution in [2.24, 2.45) is 0 Å². The predicted octanol–water partition coefficient (Wildman–Crippen LogP) is 0.715. The highest BCUT2D eigenvalue weighted by atomic mass is 32.2. The van der Waals surface area contributed by atoms with Crippen LogP contribution in [-0.4, -0.2) is 50.3 Å². The Labute approximate surface area is 141 Å². The number of hydrogen-bond donors (Lipinski definition) is 1. The van der Waals surface area contributed by atoms with Gasteiger partial charge in [0.2, 0.25) is 5.95 Å². The van der Waals surface area contributed by atoms with Crippen LogP contribution in [0.25, 0.3) is 0 Å². The van der Waals surface area contributed by atoms with E-state index >= 15 is 0 Å². The highest BCUT2D eigenvalue weighted by Crippen LogP contribution is 2.30. The first-order chi connectivity index (χ1) is 11.5. The van der Waals surface area contributed by atoms with Crippen molar-refractivity contribution in [3.8, 4) is 0 Å². The first-order valence-corrected chi connectivity index (χ1v) is 9.64. The van der Waals surface area contributed by atoms with Crippen LogP contribution in [0.5, 0.6) is 0 Å². The molecular formula is C16H19N5O2S. The fourth-order valence-electron chi connectivity index (χ4n) is 3.29. The summed E-state index contributed by atoms with van der Waals surface area (Å²) in [5, 5.41) is 0. The molecule has 0 aliphatic carbocycles. The third-order valence-corrected chi connectivity index (χ3v) is 6.36. The van der Waals surface area contributed by atoms with Crippen molar-refractivity contribution >= 4 is 27.3 Å². The molecule has 7 nitrogen and oxygen atoms in total. The van der Waals surface area contributed by atoms with Crippen LogP contribution in [0, 0.1) is 0 Å². The average molecular weight is 345 g/mol. The molecule has 0 unspecified atom stereocenters. The third kappa shape index (κ3) is 2.56. The number of nitrogens with two attached hydrogens (primary N) is 1. The quantitative estimate of drug-likeness (QED) is 0.857. The van der Waals surface area contributed by atoms with Crippen LogP contribution in [0.3, 0.4) is 0 Å². The van der Waals surface area contributed by atoms with E-state index in [0.29, 0.717) is 18.1 Å². The summed E-state index contributed by atoms with van der Waals surface area (Å²) in [7, 11) is -3.31. The average Bonchev–Trinajstić information content (AvgIpc) is 2.91. The number of nitrogens with zero attached hydrogens (tertiary/aromatic N) is 4. The van der Waals surface area contributed by atoms with Crippen molar-refractivity contribution in [2.75, 3.05) is 47.5 Å². The van der Waals surface area contributed by atoms with Gasteiger partial charge >= 0.3 is 0 Å². The van der Waals surface area contributed by atoms with Gasteiger partial charge in [0.15, 0.2) is 9.84 Å². The van der Waals surface area contributed by atoms with Gasteiger partial charge in [0.05, 0.1) is 11.4 Å². The molecule has 8 heteroatoms. The van der Waals surface area contributed by atoms with Gasteiger partial charge in [-0.3, -0.25) is 0 Å². The first kappa shape index (κ1) is 15.2. The van der Waals surface area contributed by atoms with E-state index in [-0.39, 0.29) is 16.5 Å². The van der Waals surface area contributed by atoms with Gasteiger partial charge in [-0.05, 0) is 12.1 Å². The molecule has 1 saturated heterocycles. The molecule has 0 atom stereocenters. The zero-order valence-electron chi connectivity index (χ0n) is 13.2. The molecule has 0 saturated carbocycles. The molecule has 2 aliphatic rings. The number of nitrogen functional groups attached to an aromatic ring is 1. The van der Waals surface area contributed by atoms with Crippen LogP contribution in [-0.2, 0) is 16.3 Å². The van der Waals surface area contributed by atoms with E-state index < -0.39 is 9.84 Å². The monoisotopic (exact) mass is 345 g/mol. The Morgan fingerprint density at radius 2 is 1.62 bits per heavy atom. The van der Waals surface area contributed by atoms with Crippen molar-refractivity contribution in [1.82, 2.24) is 9.97 Å². The minimum Gasteiger partial charge on any atom is -0.382 e. The SMILES string of the molecule is Nc1nc(N2CCN(c3ccccc3)CC2)nc2c1S(=O)(=O)CC2. The lowest BCUT2D eigenvalue weighted by molar-refractivity contribution is 0.599. The van der Waals surface area contributed by atoms with Gasteiger partial charge in [-0.2, -0.15) is 4.98 Å². The molecule has 2 aliphatic heterocycles. The molecule has 0 spiro atoms. The lowest BCUT2D eigenvalue weighted by Crippen LogP contribution is -2.47. The van der Waals surface area contributed by atoms with E-state index in [1.807, 2.05) is 18.2 Å². The van der Waals surface area contributed by atoms with Crippen molar-refractivity contribution in [2.45, 2.75) is 11.3 Å². The van der Waals surface area contributed by atoms with E-state index in [2.05, 4.69) is 31.9 Å². The van der Waals surface area contributed by atoms with Gasteiger partial charge in [0, 0.05) is 38.3 Å². The van der Waals surface area contributed by atoms with Crippen LogP contribution in [0.15, 0.2) is 35.2 Å². The lowest BCUT2D eigenvalue weighted by Gasteiger charge is -2.36. The lowest BCUT2D eigenvalue weighted by atomic mass is 10.2. The fourth-order valence-corrected chi connectivity index (χ4v) is 4.83. The summed E-state index contributed by atoms with van der Waals surface area (Å²) >= 11 is 0. The minimum absolute atomic E-state index is 0.0758.